The topological polar surface area (TPSA) is 32.8 Å². The van der Waals surface area contributed by atoms with Crippen LogP contribution in [0.15, 0.2) is 54.1 Å². The zero-order chi connectivity index (χ0) is 19.7. The van der Waals surface area contributed by atoms with E-state index in [1.807, 2.05) is 55.6 Å². The van der Waals surface area contributed by atoms with Gasteiger partial charge in [-0.25, -0.2) is 0 Å². The zero-order valence-electron chi connectivity index (χ0n) is 15.9. The largest absolute Gasteiger partial charge is 0.489 e. The first-order chi connectivity index (χ1) is 13.5. The molecule has 148 valence electrons. The van der Waals surface area contributed by atoms with Crippen LogP contribution >= 0.6 is 23.2 Å². The third-order valence-electron chi connectivity index (χ3n) is 5.61. The molecule has 1 amide bonds. The monoisotopic (exact) mass is 418 g/mol. The van der Waals surface area contributed by atoms with Crippen molar-refractivity contribution in [2.24, 2.45) is 0 Å². The number of carbonyl (C=O) groups is 1. The molecule has 2 aliphatic heterocycles. The van der Waals surface area contributed by atoms with Gasteiger partial charge in [0.15, 0.2) is 0 Å². The predicted molar refractivity (Wildman–Crippen MR) is 114 cm³/mol. The summed E-state index contributed by atoms with van der Waals surface area (Å²) in [5.74, 6) is 0.808. The number of carbonyl (C=O) groups excluding carboxylic acids is 1. The first-order valence-corrected chi connectivity index (χ1v) is 10.5. The minimum atomic E-state index is -0.758. The van der Waals surface area contributed by atoms with Crippen LogP contribution in [0.25, 0.3) is 5.70 Å². The van der Waals surface area contributed by atoms with Crippen molar-refractivity contribution in [2.45, 2.75) is 29.6 Å². The Balaban J connectivity index is 1.52. The molecule has 1 aliphatic carbocycles. The van der Waals surface area contributed by atoms with Crippen molar-refractivity contribution in [2.75, 3.05) is 26.7 Å². The molecule has 6 heteroatoms. The maximum Gasteiger partial charge on any atom is 0.231 e. The quantitative estimate of drug-likeness (QED) is 0.536. The van der Waals surface area contributed by atoms with Gasteiger partial charge in [0.2, 0.25) is 5.91 Å². The second kappa shape index (κ2) is 7.94. The summed E-state index contributed by atoms with van der Waals surface area (Å²) < 4.78 is 5.66. The first kappa shape index (κ1) is 19.6. The fraction of sp³-hybridized carbons (Fsp3) is 0.409. The fourth-order valence-electron chi connectivity index (χ4n) is 4.04. The van der Waals surface area contributed by atoms with Crippen molar-refractivity contribution in [3.05, 3.63) is 59.7 Å². The molecular formula is C22H24Cl2N2O2. The van der Waals surface area contributed by atoms with Gasteiger partial charge in [-0.05, 0) is 42.7 Å². The number of rotatable bonds is 4. The molecule has 2 atom stereocenters. The molecule has 2 heterocycles. The lowest BCUT2D eigenvalue weighted by molar-refractivity contribution is -0.126. The second-order valence-corrected chi connectivity index (χ2v) is 8.50. The molecule has 0 N–H and O–H groups in total. The highest BCUT2D eigenvalue weighted by Gasteiger charge is 2.41. The van der Waals surface area contributed by atoms with Crippen LogP contribution in [-0.4, -0.2) is 52.8 Å². The maximum absolute atomic E-state index is 13.0. The van der Waals surface area contributed by atoms with E-state index in [1.54, 1.807) is 4.90 Å². The fourth-order valence-corrected chi connectivity index (χ4v) is 4.69. The van der Waals surface area contributed by atoms with Gasteiger partial charge in [0.1, 0.15) is 17.4 Å². The van der Waals surface area contributed by atoms with Gasteiger partial charge in [0, 0.05) is 25.7 Å². The second-order valence-electron chi connectivity index (χ2n) is 7.43. The van der Waals surface area contributed by atoms with E-state index in [1.165, 1.54) is 0 Å². The molecule has 0 bridgehead atoms. The van der Waals surface area contributed by atoms with Crippen LogP contribution in [0.1, 0.15) is 24.8 Å². The van der Waals surface area contributed by atoms with Crippen LogP contribution in [-0.2, 0) is 4.79 Å². The van der Waals surface area contributed by atoms with Crippen molar-refractivity contribution < 1.29 is 9.53 Å². The van der Waals surface area contributed by atoms with E-state index in [4.69, 9.17) is 27.9 Å². The summed E-state index contributed by atoms with van der Waals surface area (Å²) in [6.07, 6.45) is 10.3. The molecule has 1 aromatic carbocycles. The number of halogens is 2. The van der Waals surface area contributed by atoms with Gasteiger partial charge in [0.25, 0.3) is 0 Å². The van der Waals surface area contributed by atoms with E-state index in [0.717, 1.165) is 48.5 Å². The summed E-state index contributed by atoms with van der Waals surface area (Å²) in [4.78, 5) is 16.2. The molecule has 0 saturated carbocycles. The van der Waals surface area contributed by atoms with E-state index >= 15 is 0 Å². The average molecular weight is 419 g/mol. The number of fused-ring (bicyclic) bond motifs is 1. The molecule has 1 saturated heterocycles. The number of allylic oxidation sites excluding steroid dienone is 1. The summed E-state index contributed by atoms with van der Waals surface area (Å²) in [5, 5.41) is -0.311. The minimum absolute atomic E-state index is 0.00677. The number of para-hydroxylation sites is 1. The van der Waals surface area contributed by atoms with Gasteiger partial charge in [-0.3, -0.25) is 9.69 Å². The first-order valence-electron chi connectivity index (χ1n) is 9.66. The molecule has 1 aromatic rings. The Labute approximate surface area is 176 Å². The van der Waals surface area contributed by atoms with E-state index in [9.17, 15) is 4.79 Å². The van der Waals surface area contributed by atoms with E-state index < -0.39 is 5.00 Å². The third kappa shape index (κ3) is 3.61. The Morgan fingerprint density at radius 1 is 1.32 bits per heavy atom. The molecule has 0 radical (unpaired) electrons. The molecule has 3 aliphatic rings. The number of likely N-dealkylation sites (tertiary alicyclic amines) is 1. The molecule has 0 aromatic heterocycles. The molecule has 4 rings (SSSR count). The smallest absolute Gasteiger partial charge is 0.231 e. The molecule has 0 unspecified atom stereocenters. The Morgan fingerprint density at radius 2 is 2.07 bits per heavy atom. The van der Waals surface area contributed by atoms with Crippen LogP contribution in [0.2, 0.25) is 0 Å². The molecule has 4 nitrogen and oxygen atoms in total. The van der Waals surface area contributed by atoms with Crippen molar-refractivity contribution in [3.8, 4) is 5.75 Å². The van der Waals surface area contributed by atoms with Gasteiger partial charge >= 0.3 is 0 Å². The lowest BCUT2D eigenvalue weighted by atomic mass is 9.97. The standard InChI is InChI=1S/C22H24Cl2N2O2/c1-25(18-10-13-28-19-7-3-2-6-17(18)19)21(27)14-16-8-9-20(23)22(24,15-16)26-11-4-5-12-26/h2-3,6-10,15,20H,4-5,11-14H2,1H3/t20-,22-/m0/s1. The molecule has 0 spiro atoms. The Kier molecular flexibility index (Phi) is 5.55. The number of amides is 1. The van der Waals surface area contributed by atoms with Crippen LogP contribution < -0.4 is 4.74 Å². The number of hydrogen-bond acceptors (Lipinski definition) is 3. The summed E-state index contributed by atoms with van der Waals surface area (Å²) >= 11 is 13.4. The normalized spacial score (nSPS) is 26.9. The van der Waals surface area contributed by atoms with Gasteiger partial charge in [-0.2, -0.15) is 0 Å². The summed E-state index contributed by atoms with van der Waals surface area (Å²) in [6, 6.07) is 7.78. The number of benzene rings is 1. The summed E-state index contributed by atoms with van der Waals surface area (Å²) in [5.41, 5.74) is 2.71. The highest BCUT2D eigenvalue weighted by Crippen LogP contribution is 2.39. The molecule has 1 fully saturated rings. The van der Waals surface area contributed by atoms with Crippen molar-refractivity contribution in [3.63, 3.8) is 0 Å². The van der Waals surface area contributed by atoms with Crippen LogP contribution in [0, 0.1) is 0 Å². The highest BCUT2D eigenvalue weighted by atomic mass is 35.5. The summed E-state index contributed by atoms with van der Waals surface area (Å²) in [6.45, 7) is 2.32. The predicted octanol–water partition coefficient (Wildman–Crippen LogP) is 4.40. The van der Waals surface area contributed by atoms with Gasteiger partial charge in [-0.15, -0.1) is 11.6 Å². The van der Waals surface area contributed by atoms with E-state index in [0.29, 0.717) is 6.61 Å². The van der Waals surface area contributed by atoms with Gasteiger partial charge < -0.3 is 9.64 Å². The average Bonchev–Trinajstić information content (AvgIpc) is 3.25. The minimum Gasteiger partial charge on any atom is -0.489 e. The molecular weight excluding hydrogens is 395 g/mol. The van der Waals surface area contributed by atoms with E-state index in [-0.39, 0.29) is 17.7 Å². The Bertz CT molecular complexity index is 858. The Morgan fingerprint density at radius 3 is 2.86 bits per heavy atom. The third-order valence-corrected chi connectivity index (χ3v) is 6.79. The van der Waals surface area contributed by atoms with Crippen LogP contribution in [0.3, 0.4) is 0 Å². The van der Waals surface area contributed by atoms with Gasteiger partial charge in [0.05, 0.1) is 17.5 Å². The number of alkyl halides is 2. The SMILES string of the molecule is CN(C(=O)CC1=C[C@](Cl)(N2CCCC2)[C@@H](Cl)C=C1)C1=CCOc2ccccc21. The number of ether oxygens (including phenoxy) is 1. The van der Waals surface area contributed by atoms with Crippen molar-refractivity contribution in [1.29, 1.82) is 0 Å². The lowest BCUT2D eigenvalue weighted by Crippen LogP contribution is -2.48. The zero-order valence-corrected chi connectivity index (χ0v) is 17.4. The van der Waals surface area contributed by atoms with Gasteiger partial charge in [-0.1, -0.05) is 35.9 Å². The van der Waals surface area contributed by atoms with E-state index in [2.05, 4.69) is 4.90 Å². The van der Waals surface area contributed by atoms with Crippen molar-refractivity contribution >= 4 is 34.8 Å². The molecule has 28 heavy (non-hydrogen) atoms. The number of hydrogen-bond donors (Lipinski definition) is 0. The highest BCUT2D eigenvalue weighted by molar-refractivity contribution is 6.34. The summed E-state index contributed by atoms with van der Waals surface area (Å²) in [7, 11) is 1.81. The Hall–Kier alpha value is -1.75. The lowest BCUT2D eigenvalue weighted by Gasteiger charge is -2.39. The van der Waals surface area contributed by atoms with Crippen molar-refractivity contribution in [1.82, 2.24) is 9.80 Å². The van der Waals surface area contributed by atoms with Crippen LogP contribution in [0.5, 0.6) is 5.75 Å². The maximum atomic E-state index is 13.0. The van der Waals surface area contributed by atoms with Crippen LogP contribution in [0.4, 0.5) is 0 Å². The number of nitrogens with zero attached hydrogens (tertiary/aromatic N) is 2.